The maximum absolute atomic E-state index is 13.5. The Morgan fingerprint density at radius 1 is 1.40 bits per heavy atom. The topological polar surface area (TPSA) is 49.8 Å². The summed E-state index contributed by atoms with van der Waals surface area (Å²) in [5.74, 6) is -2.42. The van der Waals surface area contributed by atoms with Gasteiger partial charge in [-0.25, -0.2) is 4.39 Å². The standard InChI is InChI=1S/C13H16F3NO3/c1-8(2)17(7-12(18)19)6-9-3-4-11(10(14)5-9)20-13(15)16/h3-5,8,13H,6-7H2,1-2H3,(H,18,19). The molecular formula is C13H16F3NO3. The van der Waals surface area contributed by atoms with Crippen molar-refractivity contribution in [3.05, 3.63) is 29.6 Å². The van der Waals surface area contributed by atoms with Gasteiger partial charge in [-0.2, -0.15) is 8.78 Å². The van der Waals surface area contributed by atoms with Crippen LogP contribution < -0.4 is 4.74 Å². The Balaban J connectivity index is 2.81. The normalized spacial score (nSPS) is 11.4. The summed E-state index contributed by atoms with van der Waals surface area (Å²) < 4.78 is 41.5. The van der Waals surface area contributed by atoms with Gasteiger partial charge in [0.1, 0.15) is 0 Å². The van der Waals surface area contributed by atoms with Gasteiger partial charge in [0.15, 0.2) is 11.6 Å². The van der Waals surface area contributed by atoms with Gasteiger partial charge in [0.05, 0.1) is 6.54 Å². The summed E-state index contributed by atoms with van der Waals surface area (Å²) in [5, 5.41) is 8.79. The molecule has 112 valence electrons. The summed E-state index contributed by atoms with van der Waals surface area (Å²) in [6.07, 6.45) is 0. The lowest BCUT2D eigenvalue weighted by Gasteiger charge is -2.24. The smallest absolute Gasteiger partial charge is 0.387 e. The number of hydrogen-bond acceptors (Lipinski definition) is 3. The molecule has 0 fully saturated rings. The average Bonchev–Trinajstić information content (AvgIpc) is 2.30. The first-order chi connectivity index (χ1) is 9.29. The molecule has 20 heavy (non-hydrogen) atoms. The van der Waals surface area contributed by atoms with Crippen molar-refractivity contribution in [2.75, 3.05) is 6.54 Å². The first kappa shape index (κ1) is 16.3. The molecule has 0 aliphatic heterocycles. The molecule has 4 nitrogen and oxygen atoms in total. The summed E-state index contributed by atoms with van der Waals surface area (Å²) in [6, 6.07) is 3.55. The number of hydrogen-bond donors (Lipinski definition) is 1. The fraction of sp³-hybridized carbons (Fsp3) is 0.462. The number of carboxylic acids is 1. The molecule has 0 heterocycles. The molecule has 0 aliphatic carbocycles. The lowest BCUT2D eigenvalue weighted by molar-refractivity contribution is -0.138. The van der Waals surface area contributed by atoms with E-state index < -0.39 is 24.1 Å². The molecule has 0 saturated heterocycles. The zero-order valence-electron chi connectivity index (χ0n) is 11.1. The van der Waals surface area contributed by atoms with E-state index in [9.17, 15) is 18.0 Å². The second kappa shape index (κ2) is 7.14. The van der Waals surface area contributed by atoms with E-state index in [0.717, 1.165) is 12.1 Å². The minimum atomic E-state index is -3.09. The van der Waals surface area contributed by atoms with Gasteiger partial charge in [0.2, 0.25) is 0 Å². The van der Waals surface area contributed by atoms with Gasteiger partial charge >= 0.3 is 12.6 Å². The molecule has 0 aromatic heterocycles. The van der Waals surface area contributed by atoms with Crippen LogP contribution in [0.25, 0.3) is 0 Å². The Hall–Kier alpha value is -1.76. The van der Waals surface area contributed by atoms with Gasteiger partial charge in [-0.05, 0) is 31.5 Å². The van der Waals surface area contributed by atoms with Gasteiger partial charge in [0.25, 0.3) is 0 Å². The van der Waals surface area contributed by atoms with Crippen LogP contribution in [-0.2, 0) is 11.3 Å². The van der Waals surface area contributed by atoms with Crippen molar-refractivity contribution in [2.45, 2.75) is 33.0 Å². The van der Waals surface area contributed by atoms with E-state index in [1.54, 1.807) is 4.90 Å². The Bertz CT molecular complexity index is 466. The van der Waals surface area contributed by atoms with E-state index >= 15 is 0 Å². The van der Waals surface area contributed by atoms with Crippen LogP contribution in [0, 0.1) is 5.82 Å². The molecule has 0 radical (unpaired) electrons. The lowest BCUT2D eigenvalue weighted by atomic mass is 10.1. The number of carboxylic acid groups (broad SMARTS) is 1. The van der Waals surface area contributed by atoms with Crippen LogP contribution in [0.5, 0.6) is 5.75 Å². The number of ether oxygens (including phenoxy) is 1. The minimum absolute atomic E-state index is 0.0499. The van der Waals surface area contributed by atoms with Gasteiger partial charge in [-0.3, -0.25) is 9.69 Å². The number of alkyl halides is 2. The quantitative estimate of drug-likeness (QED) is 0.839. The molecule has 0 amide bonds. The Morgan fingerprint density at radius 2 is 2.05 bits per heavy atom. The van der Waals surface area contributed by atoms with Gasteiger partial charge < -0.3 is 9.84 Å². The Kier molecular flexibility index (Phi) is 5.82. The van der Waals surface area contributed by atoms with Crippen LogP contribution in [0.3, 0.4) is 0 Å². The largest absolute Gasteiger partial charge is 0.480 e. The molecular weight excluding hydrogens is 275 g/mol. The van der Waals surface area contributed by atoms with Crippen molar-refractivity contribution in [3.8, 4) is 5.75 Å². The van der Waals surface area contributed by atoms with Crippen LogP contribution in [0.15, 0.2) is 18.2 Å². The third-order valence-corrected chi connectivity index (χ3v) is 2.67. The Morgan fingerprint density at radius 3 is 2.50 bits per heavy atom. The van der Waals surface area contributed by atoms with Crippen LogP contribution in [0.4, 0.5) is 13.2 Å². The van der Waals surface area contributed by atoms with Gasteiger partial charge in [0, 0.05) is 12.6 Å². The Labute approximate surface area is 114 Å². The van der Waals surface area contributed by atoms with E-state index in [-0.39, 0.29) is 19.1 Å². The predicted molar refractivity (Wildman–Crippen MR) is 66.2 cm³/mol. The second-order valence-corrected chi connectivity index (χ2v) is 4.54. The van der Waals surface area contributed by atoms with E-state index in [1.807, 2.05) is 13.8 Å². The van der Waals surface area contributed by atoms with Crippen LogP contribution in [0.1, 0.15) is 19.4 Å². The van der Waals surface area contributed by atoms with Crippen molar-refractivity contribution in [2.24, 2.45) is 0 Å². The molecule has 1 aromatic carbocycles. The number of nitrogens with zero attached hydrogens (tertiary/aromatic N) is 1. The summed E-state index contributed by atoms with van der Waals surface area (Å²) >= 11 is 0. The molecule has 0 bridgehead atoms. The fourth-order valence-electron chi connectivity index (χ4n) is 1.66. The average molecular weight is 291 g/mol. The highest BCUT2D eigenvalue weighted by molar-refractivity contribution is 5.69. The highest BCUT2D eigenvalue weighted by Crippen LogP contribution is 2.21. The molecule has 0 spiro atoms. The monoisotopic (exact) mass is 291 g/mol. The number of aliphatic carboxylic acids is 1. The first-order valence-corrected chi connectivity index (χ1v) is 5.98. The van der Waals surface area contributed by atoms with E-state index in [0.29, 0.717) is 5.56 Å². The van der Waals surface area contributed by atoms with E-state index in [1.165, 1.54) is 6.07 Å². The molecule has 1 aromatic rings. The van der Waals surface area contributed by atoms with Gasteiger partial charge in [-0.1, -0.05) is 6.07 Å². The number of halogens is 3. The lowest BCUT2D eigenvalue weighted by Crippen LogP contribution is -2.35. The zero-order valence-corrected chi connectivity index (χ0v) is 11.1. The number of benzene rings is 1. The maximum atomic E-state index is 13.5. The second-order valence-electron chi connectivity index (χ2n) is 4.54. The molecule has 7 heteroatoms. The van der Waals surface area contributed by atoms with Crippen molar-refractivity contribution in [1.29, 1.82) is 0 Å². The van der Waals surface area contributed by atoms with E-state index in [2.05, 4.69) is 4.74 Å². The van der Waals surface area contributed by atoms with Gasteiger partial charge in [-0.15, -0.1) is 0 Å². The summed E-state index contributed by atoms with van der Waals surface area (Å²) in [5.41, 5.74) is 0.485. The molecule has 0 saturated carbocycles. The van der Waals surface area contributed by atoms with Crippen LogP contribution in [0.2, 0.25) is 0 Å². The van der Waals surface area contributed by atoms with Crippen LogP contribution in [-0.4, -0.2) is 35.2 Å². The highest BCUT2D eigenvalue weighted by atomic mass is 19.3. The zero-order chi connectivity index (χ0) is 15.3. The van der Waals surface area contributed by atoms with Crippen molar-refractivity contribution in [1.82, 2.24) is 4.90 Å². The molecule has 1 rings (SSSR count). The molecule has 0 atom stereocenters. The first-order valence-electron chi connectivity index (χ1n) is 5.98. The molecule has 1 N–H and O–H groups in total. The summed E-state index contributed by atoms with van der Waals surface area (Å²) in [6.45, 7) is 0.556. The summed E-state index contributed by atoms with van der Waals surface area (Å²) in [4.78, 5) is 12.3. The number of rotatable bonds is 7. The molecule has 0 aliphatic rings. The maximum Gasteiger partial charge on any atom is 0.387 e. The predicted octanol–water partition coefficient (Wildman–Crippen LogP) is 2.72. The number of carbonyl (C=O) groups is 1. The highest BCUT2D eigenvalue weighted by Gasteiger charge is 2.16. The molecule has 0 unspecified atom stereocenters. The summed E-state index contributed by atoms with van der Waals surface area (Å²) in [7, 11) is 0. The van der Waals surface area contributed by atoms with E-state index in [4.69, 9.17) is 5.11 Å². The minimum Gasteiger partial charge on any atom is -0.480 e. The SMILES string of the molecule is CC(C)N(CC(=O)O)Cc1ccc(OC(F)F)c(F)c1. The third kappa shape index (κ3) is 5.08. The third-order valence-electron chi connectivity index (χ3n) is 2.67. The van der Waals surface area contributed by atoms with Crippen molar-refractivity contribution in [3.63, 3.8) is 0 Å². The van der Waals surface area contributed by atoms with Crippen molar-refractivity contribution < 1.29 is 27.8 Å². The van der Waals surface area contributed by atoms with Crippen molar-refractivity contribution >= 4 is 5.97 Å². The van der Waals surface area contributed by atoms with Crippen LogP contribution >= 0.6 is 0 Å². The fourth-order valence-corrected chi connectivity index (χ4v) is 1.66.